The van der Waals surface area contributed by atoms with E-state index >= 15 is 0 Å². The van der Waals surface area contributed by atoms with Gasteiger partial charge >= 0.3 is 0 Å². The lowest BCUT2D eigenvalue weighted by molar-refractivity contribution is -0.130. The van der Waals surface area contributed by atoms with E-state index in [1.807, 2.05) is 0 Å². The third-order valence-corrected chi connectivity index (χ3v) is 5.39. The molecule has 2 aliphatic rings. The number of carbonyl (C=O) groups is 1. The molecule has 0 aromatic heterocycles. The zero-order chi connectivity index (χ0) is 13.2. The quantitative estimate of drug-likeness (QED) is 0.851. The van der Waals surface area contributed by atoms with E-state index in [4.69, 9.17) is 0 Å². The zero-order valence-corrected chi connectivity index (χ0v) is 14.0. The van der Waals surface area contributed by atoms with E-state index in [0.717, 1.165) is 26.2 Å². The second kappa shape index (κ2) is 6.68. The van der Waals surface area contributed by atoms with Crippen molar-refractivity contribution in [3.8, 4) is 0 Å². The summed E-state index contributed by atoms with van der Waals surface area (Å²) in [5.74, 6) is 0.963. The van der Waals surface area contributed by atoms with Gasteiger partial charge in [0.15, 0.2) is 0 Å². The molecule has 5 heteroatoms. The summed E-state index contributed by atoms with van der Waals surface area (Å²) in [6.45, 7) is 10.7. The highest BCUT2D eigenvalue weighted by Crippen LogP contribution is 2.37. The minimum atomic E-state index is 0. The van der Waals surface area contributed by atoms with Gasteiger partial charge in [0.2, 0.25) is 5.91 Å². The summed E-state index contributed by atoms with van der Waals surface area (Å²) in [7, 11) is 0. The molecule has 0 atom stereocenters. The number of hydrogen-bond acceptors (Lipinski definition) is 3. The smallest absolute Gasteiger partial charge is 0.232 e. The van der Waals surface area contributed by atoms with Crippen LogP contribution in [0.2, 0.25) is 0 Å². The second-order valence-electron chi connectivity index (χ2n) is 6.71. The van der Waals surface area contributed by atoms with Crippen LogP contribution in [-0.2, 0) is 4.79 Å². The monoisotopic (exact) mass is 306 g/mol. The summed E-state index contributed by atoms with van der Waals surface area (Å²) < 4.78 is 0.183. The Bertz CT molecular complexity index is 301. The summed E-state index contributed by atoms with van der Waals surface area (Å²) in [6, 6.07) is 0. The Morgan fingerprint density at radius 2 is 1.89 bits per heavy atom. The van der Waals surface area contributed by atoms with Crippen molar-refractivity contribution < 1.29 is 4.79 Å². The number of thioether (sulfide) groups is 1. The topological polar surface area (TPSA) is 32.3 Å². The fourth-order valence-corrected chi connectivity index (χ4v) is 3.56. The summed E-state index contributed by atoms with van der Waals surface area (Å²) in [4.78, 5) is 14.2. The van der Waals surface area contributed by atoms with Crippen LogP contribution in [-0.4, -0.2) is 47.5 Å². The van der Waals surface area contributed by atoms with Crippen LogP contribution in [0, 0.1) is 5.41 Å². The highest BCUT2D eigenvalue weighted by Gasteiger charge is 2.37. The molecule has 2 heterocycles. The molecule has 0 unspecified atom stereocenters. The molecule has 1 amide bonds. The van der Waals surface area contributed by atoms with Gasteiger partial charge in [-0.25, -0.2) is 0 Å². The van der Waals surface area contributed by atoms with Gasteiger partial charge in [0, 0.05) is 24.4 Å². The van der Waals surface area contributed by atoms with E-state index in [9.17, 15) is 4.79 Å². The molecule has 0 saturated carbocycles. The fraction of sp³-hybridized carbons (Fsp3) is 0.929. The predicted octanol–water partition coefficient (Wildman–Crippen LogP) is 2.54. The van der Waals surface area contributed by atoms with Crippen LogP contribution in [0.1, 0.15) is 40.0 Å². The van der Waals surface area contributed by atoms with Crippen LogP contribution >= 0.6 is 24.2 Å². The van der Waals surface area contributed by atoms with Crippen LogP contribution in [0.3, 0.4) is 0 Å². The third kappa shape index (κ3) is 4.83. The molecule has 0 aromatic rings. The van der Waals surface area contributed by atoms with Crippen molar-refractivity contribution in [3.05, 3.63) is 0 Å². The molecule has 1 N–H and O–H groups in total. The van der Waals surface area contributed by atoms with Gasteiger partial charge in [0.25, 0.3) is 0 Å². The molecular weight excluding hydrogens is 280 g/mol. The molecule has 0 bridgehead atoms. The van der Waals surface area contributed by atoms with Gasteiger partial charge in [0.05, 0.1) is 5.75 Å². The second-order valence-corrected chi connectivity index (χ2v) is 8.51. The Labute approximate surface area is 127 Å². The molecule has 0 radical (unpaired) electrons. The Morgan fingerprint density at radius 1 is 1.26 bits per heavy atom. The SMILES string of the molecule is CC(C)(C)SCC(=O)N1CCC2(CCNC2)CC1.Cl. The Morgan fingerprint density at radius 3 is 2.37 bits per heavy atom. The maximum Gasteiger partial charge on any atom is 0.232 e. The van der Waals surface area contributed by atoms with Crippen LogP contribution in [0.25, 0.3) is 0 Å². The van der Waals surface area contributed by atoms with Gasteiger partial charge in [-0.3, -0.25) is 4.79 Å². The molecule has 2 aliphatic heterocycles. The summed E-state index contributed by atoms with van der Waals surface area (Å²) in [6.07, 6.45) is 3.67. The van der Waals surface area contributed by atoms with Gasteiger partial charge < -0.3 is 10.2 Å². The largest absolute Gasteiger partial charge is 0.342 e. The molecule has 1 spiro atoms. The van der Waals surface area contributed by atoms with E-state index in [2.05, 4.69) is 31.0 Å². The van der Waals surface area contributed by atoms with Crippen LogP contribution in [0.4, 0.5) is 0 Å². The van der Waals surface area contributed by atoms with Crippen molar-refractivity contribution in [2.45, 2.75) is 44.8 Å². The number of halogens is 1. The van der Waals surface area contributed by atoms with Crippen molar-refractivity contribution >= 4 is 30.1 Å². The number of nitrogens with zero attached hydrogens (tertiary/aromatic N) is 1. The van der Waals surface area contributed by atoms with E-state index in [-0.39, 0.29) is 17.2 Å². The minimum Gasteiger partial charge on any atom is -0.342 e. The van der Waals surface area contributed by atoms with Crippen LogP contribution in [0.15, 0.2) is 0 Å². The first-order chi connectivity index (χ1) is 8.40. The third-order valence-electron chi connectivity index (χ3n) is 4.14. The fourth-order valence-electron chi connectivity index (χ4n) is 2.82. The average Bonchev–Trinajstić information content (AvgIpc) is 2.75. The predicted molar refractivity (Wildman–Crippen MR) is 85.2 cm³/mol. The number of nitrogens with one attached hydrogen (secondary N) is 1. The highest BCUT2D eigenvalue weighted by atomic mass is 35.5. The maximum absolute atomic E-state index is 12.1. The molecule has 2 rings (SSSR count). The van der Waals surface area contributed by atoms with Crippen LogP contribution < -0.4 is 5.32 Å². The highest BCUT2D eigenvalue weighted by molar-refractivity contribution is 8.01. The molecule has 0 aromatic carbocycles. The normalized spacial score (nSPS) is 22.4. The van der Waals surface area contributed by atoms with E-state index in [0.29, 0.717) is 17.1 Å². The molecule has 112 valence electrons. The standard InChI is InChI=1S/C14H26N2OS.ClH/c1-13(2,3)18-10-12(17)16-8-5-14(6-9-16)4-7-15-11-14;/h15H,4-11H2,1-3H3;1H. The average molecular weight is 307 g/mol. The molecule has 19 heavy (non-hydrogen) atoms. The number of likely N-dealkylation sites (tertiary alicyclic amines) is 1. The van der Waals surface area contributed by atoms with Gasteiger partial charge in [-0.05, 0) is 31.2 Å². The van der Waals surface area contributed by atoms with Gasteiger partial charge in [-0.2, -0.15) is 0 Å². The van der Waals surface area contributed by atoms with Crippen LogP contribution in [0.5, 0.6) is 0 Å². The first-order valence-corrected chi connectivity index (χ1v) is 8.01. The molecule has 2 fully saturated rings. The zero-order valence-electron chi connectivity index (χ0n) is 12.3. The summed E-state index contributed by atoms with van der Waals surface area (Å²) in [5.41, 5.74) is 0.508. The number of amides is 1. The molecule has 2 saturated heterocycles. The number of rotatable bonds is 2. The van der Waals surface area contributed by atoms with Crippen molar-refractivity contribution in [3.63, 3.8) is 0 Å². The Hall–Kier alpha value is 0.0700. The molecule has 0 aliphatic carbocycles. The number of carbonyl (C=O) groups excluding carboxylic acids is 1. The lowest BCUT2D eigenvalue weighted by atomic mass is 9.78. The van der Waals surface area contributed by atoms with Crippen molar-refractivity contribution in [2.24, 2.45) is 5.41 Å². The van der Waals surface area contributed by atoms with Gasteiger partial charge in [-0.1, -0.05) is 20.8 Å². The molecular formula is C14H27ClN2OS. The summed E-state index contributed by atoms with van der Waals surface area (Å²) >= 11 is 1.76. The minimum absolute atomic E-state index is 0. The maximum atomic E-state index is 12.1. The first-order valence-electron chi connectivity index (χ1n) is 7.03. The van der Waals surface area contributed by atoms with Crippen molar-refractivity contribution in [1.82, 2.24) is 10.2 Å². The van der Waals surface area contributed by atoms with Crippen molar-refractivity contribution in [1.29, 1.82) is 0 Å². The Balaban J connectivity index is 0.00000180. The van der Waals surface area contributed by atoms with E-state index in [1.54, 1.807) is 11.8 Å². The van der Waals surface area contributed by atoms with E-state index in [1.165, 1.54) is 19.3 Å². The summed E-state index contributed by atoms with van der Waals surface area (Å²) in [5, 5.41) is 3.46. The lowest BCUT2D eigenvalue weighted by Crippen LogP contribution is -2.44. The van der Waals surface area contributed by atoms with Crippen molar-refractivity contribution in [2.75, 3.05) is 31.9 Å². The van der Waals surface area contributed by atoms with Gasteiger partial charge in [0.1, 0.15) is 0 Å². The number of hydrogen-bond donors (Lipinski definition) is 1. The Kier molecular flexibility index (Phi) is 6.02. The van der Waals surface area contributed by atoms with Gasteiger partial charge in [-0.15, -0.1) is 24.2 Å². The molecule has 3 nitrogen and oxygen atoms in total. The lowest BCUT2D eigenvalue weighted by Gasteiger charge is -2.39. The van der Waals surface area contributed by atoms with E-state index < -0.39 is 0 Å². The first kappa shape index (κ1) is 17.1. The number of piperidine rings is 1.